The van der Waals surface area contributed by atoms with E-state index in [-0.39, 0.29) is 24.5 Å². The molecule has 0 saturated carbocycles. The summed E-state index contributed by atoms with van der Waals surface area (Å²) in [6.07, 6.45) is 43.6. The zero-order chi connectivity index (χ0) is 39.7. The Bertz CT molecular complexity index is 968. The summed E-state index contributed by atoms with van der Waals surface area (Å²) in [4.78, 5) is 47.5. The van der Waals surface area contributed by atoms with Gasteiger partial charge < -0.3 is 25.6 Å². The first kappa shape index (κ1) is 51.3. The molecule has 0 radical (unpaired) electrons. The Morgan fingerprint density at radius 3 is 1.52 bits per heavy atom. The van der Waals surface area contributed by atoms with Crippen molar-refractivity contribution in [3.63, 3.8) is 0 Å². The van der Waals surface area contributed by atoms with Gasteiger partial charge in [0.25, 0.3) is 0 Å². The van der Waals surface area contributed by atoms with Gasteiger partial charge in [-0.1, -0.05) is 154 Å². The molecule has 54 heavy (non-hydrogen) atoms. The van der Waals surface area contributed by atoms with E-state index in [2.05, 4.69) is 48.8 Å². The second-order valence-electron chi connectivity index (χ2n) is 15.1. The summed E-state index contributed by atoms with van der Waals surface area (Å²) < 4.78 is 6.00. The van der Waals surface area contributed by atoms with Gasteiger partial charge in [0.15, 0.2) is 0 Å². The number of carboxylic acid groups (broad SMARTS) is 1. The number of amides is 2. The van der Waals surface area contributed by atoms with E-state index in [4.69, 9.17) is 14.9 Å². The molecule has 0 fully saturated rings. The van der Waals surface area contributed by atoms with Crippen LogP contribution < -0.4 is 10.6 Å². The van der Waals surface area contributed by atoms with Crippen LogP contribution in [0.15, 0.2) is 24.3 Å². The fourth-order valence-electron chi connectivity index (χ4n) is 6.51. The highest BCUT2D eigenvalue weighted by Crippen LogP contribution is 2.19. The maximum absolute atomic E-state index is 12.7. The largest absolute Gasteiger partial charge is 0.480 e. The Morgan fingerprint density at radius 1 is 0.556 bits per heavy atom. The average Bonchev–Trinajstić information content (AvgIpc) is 3.15. The van der Waals surface area contributed by atoms with E-state index in [1.165, 1.54) is 116 Å². The van der Waals surface area contributed by atoms with E-state index >= 15 is 0 Å². The average molecular weight is 763 g/mol. The van der Waals surface area contributed by atoms with Crippen LogP contribution in [0, 0.1) is 0 Å². The van der Waals surface area contributed by atoms with Gasteiger partial charge in [-0.15, -0.1) is 0 Å². The minimum absolute atomic E-state index is 0.00993. The van der Waals surface area contributed by atoms with Crippen LogP contribution in [0.1, 0.15) is 213 Å². The lowest BCUT2D eigenvalue weighted by atomic mass is 10.0. The maximum atomic E-state index is 12.7. The number of carbonyl (C=O) groups is 4. The highest BCUT2D eigenvalue weighted by atomic mass is 16.5. The zero-order valence-electron chi connectivity index (χ0n) is 34.7. The molecule has 0 aromatic heterocycles. The van der Waals surface area contributed by atoms with Gasteiger partial charge in [0, 0.05) is 12.8 Å². The lowest BCUT2D eigenvalue weighted by Crippen LogP contribution is -2.47. The van der Waals surface area contributed by atoms with Crippen LogP contribution in [-0.4, -0.2) is 59.3 Å². The fourth-order valence-corrected chi connectivity index (χ4v) is 6.51. The van der Waals surface area contributed by atoms with Gasteiger partial charge >= 0.3 is 11.9 Å². The second-order valence-corrected chi connectivity index (χ2v) is 15.1. The van der Waals surface area contributed by atoms with Crippen LogP contribution in [0.3, 0.4) is 0 Å². The fraction of sp³-hybridized carbons (Fsp3) is 0.822. The molecule has 0 spiro atoms. The number of aliphatic hydroxyl groups excluding tert-OH is 1. The van der Waals surface area contributed by atoms with Crippen molar-refractivity contribution in [2.45, 2.75) is 225 Å². The molecule has 2 atom stereocenters. The lowest BCUT2D eigenvalue weighted by Gasteiger charge is -2.18. The number of aliphatic carboxylic acids is 1. The Hall–Kier alpha value is -2.68. The molecule has 0 heterocycles. The third-order valence-electron chi connectivity index (χ3n) is 9.95. The highest BCUT2D eigenvalue weighted by molar-refractivity contribution is 5.87. The maximum Gasteiger partial charge on any atom is 0.328 e. The number of hydrogen-bond donors (Lipinski definition) is 4. The van der Waals surface area contributed by atoms with Crippen LogP contribution in [-0.2, 0) is 23.9 Å². The summed E-state index contributed by atoms with van der Waals surface area (Å²) in [5.41, 5.74) is 0. The molecule has 0 bridgehead atoms. The zero-order valence-corrected chi connectivity index (χ0v) is 34.7. The van der Waals surface area contributed by atoms with Crippen LogP contribution in [0.2, 0.25) is 0 Å². The van der Waals surface area contributed by atoms with Gasteiger partial charge in [-0.25, -0.2) is 4.79 Å². The summed E-state index contributed by atoms with van der Waals surface area (Å²) in [7, 11) is 0. The van der Waals surface area contributed by atoms with Gasteiger partial charge in [-0.3, -0.25) is 14.4 Å². The summed E-state index contributed by atoms with van der Waals surface area (Å²) >= 11 is 0. The van der Waals surface area contributed by atoms with Gasteiger partial charge in [-0.2, -0.15) is 0 Å². The molecular weight excluding hydrogens is 681 g/mol. The molecule has 4 N–H and O–H groups in total. The number of allylic oxidation sites excluding steroid dienone is 4. The Balaban J connectivity index is 4.11. The molecule has 9 nitrogen and oxygen atoms in total. The number of aliphatic hydroxyl groups is 1. The summed E-state index contributed by atoms with van der Waals surface area (Å²) in [5, 5.41) is 22.5. The normalized spacial score (nSPS) is 12.6. The van der Waals surface area contributed by atoms with E-state index in [0.29, 0.717) is 19.3 Å². The number of ether oxygens (including phenoxy) is 1. The van der Waals surface area contributed by atoms with Gasteiger partial charge in [0.1, 0.15) is 12.1 Å². The minimum atomic E-state index is -1.38. The van der Waals surface area contributed by atoms with Crippen LogP contribution in [0.25, 0.3) is 0 Å². The number of esters is 1. The van der Waals surface area contributed by atoms with Crippen molar-refractivity contribution in [3.8, 4) is 0 Å². The minimum Gasteiger partial charge on any atom is -0.480 e. The quantitative estimate of drug-likeness (QED) is 0.0276. The number of unbranched alkanes of at least 4 members (excludes halogenated alkanes) is 22. The molecule has 2 unspecified atom stereocenters. The third-order valence-corrected chi connectivity index (χ3v) is 9.95. The summed E-state index contributed by atoms with van der Waals surface area (Å²) in [5.74, 6) is -2.29. The molecule has 0 aliphatic heterocycles. The van der Waals surface area contributed by atoms with Gasteiger partial charge in [0.2, 0.25) is 11.8 Å². The Kier molecular flexibility index (Phi) is 38.0. The van der Waals surface area contributed by atoms with Crippen molar-refractivity contribution in [1.29, 1.82) is 0 Å². The number of rotatable bonds is 40. The van der Waals surface area contributed by atoms with Crippen molar-refractivity contribution < 1.29 is 34.1 Å². The molecule has 314 valence electrons. The topological polar surface area (TPSA) is 142 Å². The number of carbonyl (C=O) groups excluding carboxylic acids is 3. The monoisotopic (exact) mass is 763 g/mol. The van der Waals surface area contributed by atoms with Crippen molar-refractivity contribution >= 4 is 23.8 Å². The van der Waals surface area contributed by atoms with Gasteiger partial charge in [-0.05, 0) is 70.6 Å². The van der Waals surface area contributed by atoms with Crippen LogP contribution >= 0.6 is 0 Å². The first-order valence-electron chi connectivity index (χ1n) is 22.2. The van der Waals surface area contributed by atoms with E-state index in [1.807, 2.05) is 0 Å². The van der Waals surface area contributed by atoms with E-state index in [0.717, 1.165) is 64.2 Å². The lowest BCUT2D eigenvalue weighted by molar-refractivity contribution is -0.150. The second kappa shape index (κ2) is 40.0. The molecule has 0 saturated heterocycles. The summed E-state index contributed by atoms with van der Waals surface area (Å²) in [6.45, 7) is 3.45. The third kappa shape index (κ3) is 36.3. The Morgan fingerprint density at radius 2 is 1.00 bits per heavy atom. The van der Waals surface area contributed by atoms with Crippen molar-refractivity contribution in [1.82, 2.24) is 10.6 Å². The van der Waals surface area contributed by atoms with E-state index < -0.39 is 24.5 Å². The first-order chi connectivity index (χ1) is 26.3. The molecule has 0 aromatic carbocycles. The van der Waals surface area contributed by atoms with Crippen molar-refractivity contribution in [3.05, 3.63) is 24.3 Å². The molecule has 0 aromatic rings. The smallest absolute Gasteiger partial charge is 0.328 e. The molecule has 2 amide bonds. The van der Waals surface area contributed by atoms with Gasteiger partial charge in [0.05, 0.1) is 13.2 Å². The molecule has 0 aliphatic carbocycles. The van der Waals surface area contributed by atoms with Crippen LogP contribution in [0.4, 0.5) is 0 Å². The molecule has 9 heteroatoms. The molecular formula is C45H82N2O7. The van der Waals surface area contributed by atoms with E-state index in [1.54, 1.807) is 0 Å². The standard InChI is InChI=1S/C45H82N2O7/c1-3-5-7-9-11-12-13-14-15-16-17-18-19-20-21-22-24-29-33-37-44(51)54-40(34-30-26-23-10-8-6-4-2)35-31-27-25-28-32-36-42(49)46-38-43(50)47-41(39-48)45(52)53/h11-12,14-15,40-41,48H,3-10,13,16-39H2,1-2H3,(H,46,49)(H,47,50)(H,52,53)/b12-11-,15-14-. The molecule has 0 rings (SSSR count). The highest BCUT2D eigenvalue weighted by Gasteiger charge is 2.19. The molecule has 0 aliphatic rings. The SMILES string of the molecule is CCCCC/C=C\C/C=C\CCCCCCCCCCCC(=O)OC(CCCCCCCCC)CCCCCCCC(=O)NCC(=O)NC(CO)C(=O)O. The Labute approximate surface area is 330 Å². The summed E-state index contributed by atoms with van der Waals surface area (Å²) in [6, 6.07) is -1.38. The number of nitrogens with one attached hydrogen (secondary N) is 2. The predicted molar refractivity (Wildman–Crippen MR) is 222 cm³/mol. The number of carboxylic acids is 1. The van der Waals surface area contributed by atoms with Crippen LogP contribution in [0.5, 0.6) is 0 Å². The van der Waals surface area contributed by atoms with Crippen molar-refractivity contribution in [2.24, 2.45) is 0 Å². The van der Waals surface area contributed by atoms with E-state index in [9.17, 15) is 19.2 Å². The predicted octanol–water partition coefficient (Wildman–Crippen LogP) is 10.8. The van der Waals surface area contributed by atoms with Crippen molar-refractivity contribution in [2.75, 3.05) is 13.2 Å². The number of hydrogen-bond acceptors (Lipinski definition) is 6. The first-order valence-corrected chi connectivity index (χ1v) is 22.2.